The number of thiocarbonyl (C=S) groups is 2. The first-order valence-corrected chi connectivity index (χ1v) is 12.8. The molecule has 0 saturated heterocycles. The van der Waals surface area contributed by atoms with Gasteiger partial charge in [-0.2, -0.15) is 0 Å². The molecule has 0 aliphatic rings. The van der Waals surface area contributed by atoms with Gasteiger partial charge in [0.15, 0.2) is 10.2 Å². The highest BCUT2D eigenvalue weighted by Gasteiger charge is 2.14. The van der Waals surface area contributed by atoms with Crippen LogP contribution in [0.4, 0.5) is 22.7 Å². The second kappa shape index (κ2) is 13.2. The van der Waals surface area contributed by atoms with E-state index in [0.29, 0.717) is 11.4 Å². The number of hydrogen-bond donors (Lipinski definition) is 4. The Labute approximate surface area is 249 Å². The van der Waals surface area contributed by atoms with Gasteiger partial charge in [0.25, 0.3) is 23.2 Å². The van der Waals surface area contributed by atoms with Gasteiger partial charge in [-0.15, -0.1) is 0 Å². The summed E-state index contributed by atoms with van der Waals surface area (Å²) in [6.45, 7) is 0. The molecule has 0 heterocycles. The Kier molecular flexibility index (Phi) is 9.21. The maximum absolute atomic E-state index is 12.4. The molecule has 0 saturated carbocycles. The van der Waals surface area contributed by atoms with E-state index in [2.05, 4.69) is 21.3 Å². The van der Waals surface area contributed by atoms with Crippen LogP contribution in [0, 0.1) is 20.2 Å². The molecule has 0 aliphatic carbocycles. The van der Waals surface area contributed by atoms with Crippen LogP contribution in [0.3, 0.4) is 0 Å². The van der Waals surface area contributed by atoms with Crippen molar-refractivity contribution in [2.24, 2.45) is 0 Å². The first-order chi connectivity index (χ1) is 20.1. The summed E-state index contributed by atoms with van der Waals surface area (Å²) in [7, 11) is 0. The second-order valence-corrected chi connectivity index (χ2v) is 9.40. The zero-order valence-electron chi connectivity index (χ0n) is 21.4. The van der Waals surface area contributed by atoms with Crippen molar-refractivity contribution in [1.82, 2.24) is 10.6 Å². The molecule has 0 atom stereocenters. The topological polar surface area (TPSA) is 169 Å². The summed E-state index contributed by atoms with van der Waals surface area (Å²) in [5.41, 5.74) is 2.82. The predicted molar refractivity (Wildman–Crippen MR) is 165 cm³/mol. The number of nitrogens with one attached hydrogen (secondary N) is 4. The van der Waals surface area contributed by atoms with Crippen molar-refractivity contribution in [3.63, 3.8) is 0 Å². The Balaban J connectivity index is 1.30. The third-order valence-electron chi connectivity index (χ3n) is 5.71. The van der Waals surface area contributed by atoms with Gasteiger partial charge < -0.3 is 10.6 Å². The number of amides is 2. The fraction of sp³-hybridized carbons (Fsp3) is 0. The Morgan fingerprint density at radius 1 is 0.571 bits per heavy atom. The first-order valence-electron chi connectivity index (χ1n) is 12.0. The summed E-state index contributed by atoms with van der Waals surface area (Å²) in [4.78, 5) is 45.5. The standard InChI is InChI=1S/C28H20N6O6S2/c35-25(19-3-1-5-23(15-19)33(37)38)31-27(41)29-21-11-7-17(8-12-21)18-9-13-22(14-10-18)30-28(42)32-26(36)20-4-2-6-24(16-20)34(39)40/h1-16H,(H2,29,31,35,41)(H2,30,32,36,42). The molecule has 0 aromatic heterocycles. The largest absolute Gasteiger partial charge is 0.332 e. The van der Waals surface area contributed by atoms with Gasteiger partial charge in [0.1, 0.15) is 0 Å². The Morgan fingerprint density at radius 2 is 0.929 bits per heavy atom. The molecule has 2 amide bonds. The minimum absolute atomic E-state index is 0.0308. The van der Waals surface area contributed by atoms with E-state index in [1.807, 2.05) is 24.3 Å². The molecule has 0 aliphatic heterocycles. The fourth-order valence-electron chi connectivity index (χ4n) is 3.69. The van der Waals surface area contributed by atoms with Crippen molar-refractivity contribution in [2.75, 3.05) is 10.6 Å². The van der Waals surface area contributed by atoms with Crippen LogP contribution in [0.25, 0.3) is 11.1 Å². The molecule has 0 unspecified atom stereocenters. The number of anilines is 2. The predicted octanol–water partition coefficient (Wildman–Crippen LogP) is 5.42. The van der Waals surface area contributed by atoms with E-state index in [1.165, 1.54) is 36.4 Å². The van der Waals surface area contributed by atoms with Crippen LogP contribution in [0.2, 0.25) is 0 Å². The van der Waals surface area contributed by atoms with Crippen LogP contribution in [0.1, 0.15) is 20.7 Å². The van der Waals surface area contributed by atoms with E-state index >= 15 is 0 Å². The Hall–Kier alpha value is -5.60. The molecule has 4 N–H and O–H groups in total. The smallest absolute Gasteiger partial charge is 0.270 e. The van der Waals surface area contributed by atoms with Gasteiger partial charge in [-0.25, -0.2) is 0 Å². The van der Waals surface area contributed by atoms with E-state index in [1.54, 1.807) is 24.3 Å². The van der Waals surface area contributed by atoms with Crippen molar-refractivity contribution in [3.8, 4) is 11.1 Å². The third-order valence-corrected chi connectivity index (χ3v) is 6.12. The molecule has 0 fully saturated rings. The maximum Gasteiger partial charge on any atom is 0.270 e. The average molecular weight is 601 g/mol. The van der Waals surface area contributed by atoms with Gasteiger partial charge in [-0.3, -0.25) is 40.5 Å². The lowest BCUT2D eigenvalue weighted by molar-refractivity contribution is -0.385. The number of nitrogens with zero attached hydrogens (tertiary/aromatic N) is 2. The van der Waals surface area contributed by atoms with Gasteiger partial charge in [0.2, 0.25) is 0 Å². The molecule has 42 heavy (non-hydrogen) atoms. The normalized spacial score (nSPS) is 10.2. The van der Waals surface area contributed by atoms with E-state index in [4.69, 9.17) is 24.4 Å². The number of carbonyl (C=O) groups excluding carboxylic acids is 2. The van der Waals surface area contributed by atoms with E-state index in [9.17, 15) is 29.8 Å². The molecule has 0 radical (unpaired) electrons. The Bertz CT molecular complexity index is 1580. The molecule has 4 aromatic carbocycles. The lowest BCUT2D eigenvalue weighted by Gasteiger charge is -2.11. The SMILES string of the molecule is O=C(NC(=S)Nc1ccc(-c2ccc(NC(=S)NC(=O)c3cccc([N+](=O)[O-])c3)cc2)cc1)c1cccc([N+](=O)[O-])c1. The van der Waals surface area contributed by atoms with Crippen molar-refractivity contribution < 1.29 is 19.4 Å². The number of nitro groups is 2. The number of nitro benzene ring substituents is 2. The van der Waals surface area contributed by atoms with Crippen LogP contribution < -0.4 is 21.3 Å². The van der Waals surface area contributed by atoms with Crippen molar-refractivity contribution in [3.05, 3.63) is 128 Å². The molecule has 4 aromatic rings. The molecule has 0 spiro atoms. The van der Waals surface area contributed by atoms with Crippen LogP contribution in [-0.4, -0.2) is 31.9 Å². The highest BCUT2D eigenvalue weighted by molar-refractivity contribution is 7.80. The van der Waals surface area contributed by atoms with Crippen molar-refractivity contribution in [2.45, 2.75) is 0 Å². The lowest BCUT2D eigenvalue weighted by atomic mass is 10.1. The number of carbonyl (C=O) groups is 2. The molecular formula is C28H20N6O6S2. The lowest BCUT2D eigenvalue weighted by Crippen LogP contribution is -2.34. The highest BCUT2D eigenvalue weighted by Crippen LogP contribution is 2.23. The summed E-state index contributed by atoms with van der Waals surface area (Å²) in [5, 5.41) is 32.7. The minimum Gasteiger partial charge on any atom is -0.332 e. The van der Waals surface area contributed by atoms with Gasteiger partial charge in [0, 0.05) is 46.8 Å². The molecular weight excluding hydrogens is 580 g/mol. The van der Waals surface area contributed by atoms with Gasteiger partial charge in [-0.1, -0.05) is 36.4 Å². The van der Waals surface area contributed by atoms with E-state index in [0.717, 1.165) is 23.3 Å². The number of rotatable bonds is 7. The third kappa shape index (κ3) is 7.74. The monoisotopic (exact) mass is 600 g/mol. The minimum atomic E-state index is -0.584. The summed E-state index contributed by atoms with van der Waals surface area (Å²) >= 11 is 10.4. The van der Waals surface area contributed by atoms with Crippen LogP contribution in [0.15, 0.2) is 97.1 Å². The van der Waals surface area contributed by atoms with Crippen LogP contribution >= 0.6 is 24.4 Å². The van der Waals surface area contributed by atoms with Crippen molar-refractivity contribution >= 4 is 69.2 Å². The maximum atomic E-state index is 12.4. The first kappa shape index (κ1) is 29.4. The van der Waals surface area contributed by atoms with E-state index in [-0.39, 0.29) is 32.7 Å². The Morgan fingerprint density at radius 3 is 1.26 bits per heavy atom. The van der Waals surface area contributed by atoms with Crippen LogP contribution in [0.5, 0.6) is 0 Å². The fourth-order valence-corrected chi connectivity index (χ4v) is 4.11. The zero-order valence-corrected chi connectivity index (χ0v) is 23.0. The summed E-state index contributed by atoms with van der Waals surface area (Å²) in [6.07, 6.45) is 0. The van der Waals surface area contributed by atoms with E-state index < -0.39 is 21.7 Å². The van der Waals surface area contributed by atoms with Gasteiger partial charge in [-0.05, 0) is 72.0 Å². The molecule has 4 rings (SSSR count). The van der Waals surface area contributed by atoms with Crippen LogP contribution in [-0.2, 0) is 0 Å². The number of non-ortho nitro benzene ring substituents is 2. The summed E-state index contributed by atoms with van der Waals surface area (Å²) < 4.78 is 0. The molecule has 12 nitrogen and oxygen atoms in total. The van der Waals surface area contributed by atoms with Gasteiger partial charge >= 0.3 is 0 Å². The molecule has 14 heteroatoms. The average Bonchev–Trinajstić information content (AvgIpc) is 2.98. The molecule has 210 valence electrons. The quantitative estimate of drug-likeness (QED) is 0.122. The highest BCUT2D eigenvalue weighted by atomic mass is 32.1. The zero-order chi connectivity index (χ0) is 30.2. The second-order valence-electron chi connectivity index (χ2n) is 8.59. The van der Waals surface area contributed by atoms with Gasteiger partial charge in [0.05, 0.1) is 9.85 Å². The van der Waals surface area contributed by atoms with Crippen molar-refractivity contribution in [1.29, 1.82) is 0 Å². The summed E-state index contributed by atoms with van der Waals surface area (Å²) in [6, 6.07) is 25.1. The number of hydrogen-bond acceptors (Lipinski definition) is 8. The summed E-state index contributed by atoms with van der Waals surface area (Å²) in [5.74, 6) is -1.16. The molecule has 0 bridgehead atoms. The number of benzene rings is 4.